The van der Waals surface area contributed by atoms with Crippen LogP contribution in [-0.4, -0.2) is 61.7 Å². The zero-order chi connectivity index (χ0) is 30.0. The van der Waals surface area contributed by atoms with Crippen LogP contribution in [0.1, 0.15) is 95.3 Å². The molecule has 1 aromatic rings. The Bertz CT molecular complexity index is 976. The Labute approximate surface area is 239 Å². The van der Waals surface area contributed by atoms with Crippen LogP contribution in [0.5, 0.6) is 0 Å². The molecule has 0 aliphatic rings. The van der Waals surface area contributed by atoms with Gasteiger partial charge in [-0.2, -0.15) is 0 Å². The van der Waals surface area contributed by atoms with E-state index in [0.717, 1.165) is 44.6 Å². The summed E-state index contributed by atoms with van der Waals surface area (Å²) in [5, 5.41) is 43.1. The van der Waals surface area contributed by atoms with Crippen LogP contribution in [0.3, 0.4) is 0 Å². The van der Waals surface area contributed by atoms with Crippen molar-refractivity contribution < 1.29 is 44.4 Å². The summed E-state index contributed by atoms with van der Waals surface area (Å²) in [7, 11) is 0. The van der Waals surface area contributed by atoms with Gasteiger partial charge in [0.05, 0.1) is 12.3 Å². The number of carboxylic acids is 3. The van der Waals surface area contributed by atoms with Crippen LogP contribution in [-0.2, 0) is 30.4 Å². The van der Waals surface area contributed by atoms with E-state index in [1.807, 2.05) is 0 Å². The maximum atomic E-state index is 13.0. The summed E-state index contributed by atoms with van der Waals surface area (Å²) in [6.45, 7) is 2.15. The molecule has 3 atom stereocenters. The molecule has 1 heterocycles. The number of carbonyl (C=O) groups excluding carboxylic acids is 2. The van der Waals surface area contributed by atoms with Crippen LogP contribution in [0.25, 0.3) is 0 Å². The second-order valence-corrected chi connectivity index (χ2v) is 11.1. The number of carbonyl (C=O) groups is 5. The standard InChI is InChI=1S/C29H43NO9S/c1-2-3-4-7-10-14-21(31)15-11-8-5-6-9-12-17-23(29(39,28(37)38)20-25(32)33)26(34)30-24(27(35)36)19-22-16-13-18-40-22/h12-13,16-18,23-24,39H,2-11,14-15,19-20H2,1H3,(H,30,34)(H,32,33)(H,35,36)(H,37,38)/t23-,24+,29+/m1/s1. The van der Waals surface area contributed by atoms with Gasteiger partial charge >= 0.3 is 17.9 Å². The summed E-state index contributed by atoms with van der Waals surface area (Å²) in [5.41, 5.74) is -2.98. The molecular weight excluding hydrogens is 538 g/mol. The number of thiophene rings is 1. The largest absolute Gasteiger partial charge is 0.481 e. The second-order valence-electron chi connectivity index (χ2n) is 10.0. The summed E-state index contributed by atoms with van der Waals surface area (Å²) in [5.74, 6) is -7.53. The highest BCUT2D eigenvalue weighted by atomic mass is 32.1. The fourth-order valence-electron chi connectivity index (χ4n) is 4.33. The minimum atomic E-state index is -2.98. The Kier molecular flexibility index (Phi) is 16.7. The lowest BCUT2D eigenvalue weighted by molar-refractivity contribution is -0.172. The number of aliphatic carboxylic acids is 3. The van der Waals surface area contributed by atoms with Gasteiger partial charge < -0.3 is 25.7 Å². The molecule has 224 valence electrons. The van der Waals surface area contributed by atoms with E-state index < -0.39 is 47.8 Å². The molecule has 5 N–H and O–H groups in total. The fraction of sp³-hybridized carbons (Fsp3) is 0.621. The van der Waals surface area contributed by atoms with Crippen molar-refractivity contribution in [2.45, 2.75) is 108 Å². The van der Waals surface area contributed by atoms with Crippen LogP contribution in [0.2, 0.25) is 0 Å². The zero-order valence-electron chi connectivity index (χ0n) is 23.2. The van der Waals surface area contributed by atoms with E-state index in [1.165, 1.54) is 30.3 Å². The topological polar surface area (TPSA) is 178 Å². The first kappa shape index (κ1) is 35.0. The Morgan fingerprint density at radius 1 is 0.950 bits per heavy atom. The lowest BCUT2D eigenvalue weighted by Crippen LogP contribution is -2.55. The maximum Gasteiger partial charge on any atom is 0.337 e. The highest BCUT2D eigenvalue weighted by Gasteiger charge is 2.49. The molecule has 0 bridgehead atoms. The van der Waals surface area contributed by atoms with Gasteiger partial charge in [0.1, 0.15) is 11.8 Å². The predicted molar refractivity (Wildman–Crippen MR) is 151 cm³/mol. The molecule has 1 rings (SSSR count). The fourth-order valence-corrected chi connectivity index (χ4v) is 5.08. The van der Waals surface area contributed by atoms with Crippen LogP contribution in [0.4, 0.5) is 0 Å². The molecule has 0 fully saturated rings. The quantitative estimate of drug-likeness (QED) is 0.0912. The maximum absolute atomic E-state index is 13.0. The monoisotopic (exact) mass is 581 g/mol. The van der Waals surface area contributed by atoms with Gasteiger partial charge in [0, 0.05) is 24.1 Å². The SMILES string of the molecule is CCCCCCCC(=O)CCCCCCC=C[C@H](C(=O)N[C@@H](Cc1cccs1)C(=O)O)[C@@](O)(CC(=O)O)C(=O)O. The lowest BCUT2D eigenvalue weighted by Gasteiger charge is -2.29. The van der Waals surface area contributed by atoms with Crippen molar-refractivity contribution >= 4 is 40.9 Å². The van der Waals surface area contributed by atoms with E-state index in [2.05, 4.69) is 12.2 Å². The number of nitrogens with one attached hydrogen (secondary N) is 1. The first-order chi connectivity index (χ1) is 19.0. The van der Waals surface area contributed by atoms with Crippen molar-refractivity contribution in [3.8, 4) is 0 Å². The number of ketones is 1. The molecule has 1 aromatic heterocycles. The highest BCUT2D eigenvalue weighted by Crippen LogP contribution is 2.26. The summed E-state index contributed by atoms with van der Waals surface area (Å²) in [6.07, 6.45) is 11.5. The number of allylic oxidation sites excluding steroid dienone is 1. The molecule has 0 radical (unpaired) electrons. The van der Waals surface area contributed by atoms with Gasteiger partial charge in [-0.25, -0.2) is 9.59 Å². The molecule has 0 saturated carbocycles. The average Bonchev–Trinajstić information content (AvgIpc) is 3.39. The van der Waals surface area contributed by atoms with Gasteiger partial charge in [-0.3, -0.25) is 14.4 Å². The average molecular weight is 582 g/mol. The summed E-state index contributed by atoms with van der Waals surface area (Å²) < 4.78 is 0. The van der Waals surface area contributed by atoms with E-state index in [9.17, 15) is 44.4 Å². The smallest absolute Gasteiger partial charge is 0.337 e. The molecule has 11 heteroatoms. The minimum absolute atomic E-state index is 0.0546. The molecule has 0 spiro atoms. The third-order valence-corrected chi connectivity index (χ3v) is 7.55. The Morgan fingerprint density at radius 3 is 2.10 bits per heavy atom. The van der Waals surface area contributed by atoms with Gasteiger partial charge in [0.2, 0.25) is 5.91 Å². The van der Waals surface area contributed by atoms with Gasteiger partial charge in [-0.1, -0.05) is 63.7 Å². The third kappa shape index (κ3) is 13.3. The van der Waals surface area contributed by atoms with Crippen LogP contribution in [0.15, 0.2) is 29.7 Å². The van der Waals surface area contributed by atoms with E-state index in [0.29, 0.717) is 30.6 Å². The third-order valence-electron chi connectivity index (χ3n) is 6.65. The van der Waals surface area contributed by atoms with Crippen molar-refractivity contribution in [3.05, 3.63) is 34.5 Å². The Hall–Kier alpha value is -3.05. The van der Waals surface area contributed by atoms with Crippen molar-refractivity contribution in [1.29, 1.82) is 0 Å². The van der Waals surface area contributed by atoms with Crippen LogP contribution in [0, 0.1) is 5.92 Å². The van der Waals surface area contributed by atoms with Crippen molar-refractivity contribution in [2.75, 3.05) is 0 Å². The number of hydrogen-bond acceptors (Lipinski definition) is 7. The number of hydrogen-bond donors (Lipinski definition) is 5. The molecule has 0 saturated heterocycles. The van der Waals surface area contributed by atoms with Gasteiger partial charge in [0.25, 0.3) is 0 Å². The van der Waals surface area contributed by atoms with E-state index in [-0.39, 0.29) is 12.2 Å². The number of amides is 1. The Balaban J connectivity index is 2.70. The minimum Gasteiger partial charge on any atom is -0.481 e. The molecular formula is C29H43NO9S. The zero-order valence-corrected chi connectivity index (χ0v) is 24.0. The number of Topliss-reactive ketones (excluding diaryl/α,β-unsaturated/α-hetero) is 1. The highest BCUT2D eigenvalue weighted by molar-refractivity contribution is 7.09. The number of aliphatic hydroxyl groups is 1. The van der Waals surface area contributed by atoms with Crippen LogP contribution >= 0.6 is 11.3 Å². The predicted octanol–water partition coefficient (Wildman–Crippen LogP) is 4.59. The second kappa shape index (κ2) is 19.1. The van der Waals surface area contributed by atoms with Gasteiger partial charge in [-0.05, 0) is 37.1 Å². The van der Waals surface area contributed by atoms with Crippen molar-refractivity contribution in [2.24, 2.45) is 5.92 Å². The number of unbranched alkanes of at least 4 members (excludes halogenated alkanes) is 8. The van der Waals surface area contributed by atoms with E-state index in [4.69, 9.17) is 0 Å². The van der Waals surface area contributed by atoms with E-state index in [1.54, 1.807) is 17.5 Å². The first-order valence-electron chi connectivity index (χ1n) is 13.9. The molecule has 10 nitrogen and oxygen atoms in total. The molecule has 0 aromatic carbocycles. The molecule has 40 heavy (non-hydrogen) atoms. The van der Waals surface area contributed by atoms with Gasteiger partial charge in [-0.15, -0.1) is 11.3 Å². The van der Waals surface area contributed by atoms with Crippen LogP contribution < -0.4 is 5.32 Å². The summed E-state index contributed by atoms with van der Waals surface area (Å²) in [6, 6.07) is 2.01. The number of rotatable bonds is 23. The normalized spacial score (nSPS) is 14.3. The van der Waals surface area contributed by atoms with Crippen molar-refractivity contribution in [1.82, 2.24) is 5.32 Å². The summed E-state index contributed by atoms with van der Waals surface area (Å²) >= 11 is 1.29. The van der Waals surface area contributed by atoms with Crippen molar-refractivity contribution in [3.63, 3.8) is 0 Å². The lowest BCUT2D eigenvalue weighted by atomic mass is 9.82. The van der Waals surface area contributed by atoms with Gasteiger partial charge in [0.15, 0.2) is 5.60 Å². The summed E-state index contributed by atoms with van der Waals surface area (Å²) in [4.78, 5) is 60.6. The van der Waals surface area contributed by atoms with E-state index >= 15 is 0 Å². The molecule has 0 aliphatic heterocycles. The molecule has 0 aliphatic carbocycles. The first-order valence-corrected chi connectivity index (χ1v) is 14.8. The molecule has 1 amide bonds. The molecule has 0 unspecified atom stereocenters. The number of carboxylic acid groups (broad SMARTS) is 3. The Morgan fingerprint density at radius 2 is 1.57 bits per heavy atom.